The van der Waals surface area contributed by atoms with Crippen LogP contribution in [0.15, 0.2) is 176 Å². The zero-order valence-corrected chi connectivity index (χ0v) is 37.6. The molecule has 3 aromatic heterocycles. The third-order valence-electron chi connectivity index (χ3n) is 11.4. The van der Waals surface area contributed by atoms with E-state index in [4.69, 9.17) is 4.98 Å². The van der Waals surface area contributed by atoms with Crippen LogP contribution in [0.3, 0.4) is 0 Å². The van der Waals surface area contributed by atoms with E-state index in [2.05, 4.69) is 201 Å². The molecular formula is C58H46IrN3. The maximum absolute atomic E-state index is 4.85. The van der Waals surface area contributed by atoms with E-state index in [1.165, 1.54) is 50.1 Å². The van der Waals surface area contributed by atoms with Crippen LogP contribution in [0.1, 0.15) is 38.9 Å². The van der Waals surface area contributed by atoms with Gasteiger partial charge in [-0.15, -0.1) is 101 Å². The molecule has 302 valence electrons. The van der Waals surface area contributed by atoms with Gasteiger partial charge in [-0.2, -0.15) is 0 Å². The number of aromatic nitrogens is 3. The molecule has 0 saturated carbocycles. The van der Waals surface area contributed by atoms with Crippen LogP contribution in [0.4, 0.5) is 0 Å². The Labute approximate surface area is 380 Å². The number of nitrogens with zero attached hydrogens (tertiary/aromatic N) is 3. The summed E-state index contributed by atoms with van der Waals surface area (Å²) in [6, 6.07) is 66.8. The van der Waals surface area contributed by atoms with E-state index in [0.29, 0.717) is 0 Å². The van der Waals surface area contributed by atoms with Gasteiger partial charge >= 0.3 is 20.1 Å². The molecule has 3 nitrogen and oxygen atoms in total. The Hall–Kier alpha value is -6.58. The molecule has 9 aromatic rings. The molecule has 0 aliphatic rings. The summed E-state index contributed by atoms with van der Waals surface area (Å²) in [5.41, 5.74) is 21.6. The SMILES string of the molecule is Cc1ccc(-c2[c-]cc(CCc3cc(CCc4c[c-]c(-c5ccc(C)cn5)cc4)cc(-c4ccccc4-c4c[c-]c(-c5cc(C)c(-c6ccccc6)cn5)cc4)c3)cc2)nc1.[Ir+3]. The average molecular weight is 977 g/mol. The minimum Gasteiger partial charge on any atom is -0.304 e. The zero-order chi connectivity index (χ0) is 41.5. The molecule has 4 heteroatoms. The van der Waals surface area contributed by atoms with Crippen LogP contribution >= 0.6 is 0 Å². The first kappa shape index (κ1) is 42.1. The third-order valence-corrected chi connectivity index (χ3v) is 11.4. The number of pyridine rings is 3. The van der Waals surface area contributed by atoms with Gasteiger partial charge in [0.1, 0.15) is 0 Å². The molecule has 0 bridgehead atoms. The van der Waals surface area contributed by atoms with E-state index in [1.807, 2.05) is 24.7 Å². The molecule has 0 aliphatic carbocycles. The van der Waals surface area contributed by atoms with Gasteiger partial charge in [-0.05, 0) is 95.2 Å². The first-order valence-electron chi connectivity index (χ1n) is 21.1. The normalized spacial score (nSPS) is 11.0. The Morgan fingerprint density at radius 2 is 0.871 bits per heavy atom. The maximum atomic E-state index is 4.85. The topological polar surface area (TPSA) is 38.7 Å². The Morgan fingerprint density at radius 3 is 1.37 bits per heavy atom. The van der Waals surface area contributed by atoms with Crippen molar-refractivity contribution < 1.29 is 20.1 Å². The summed E-state index contributed by atoms with van der Waals surface area (Å²) in [5, 5.41) is 0. The first-order chi connectivity index (χ1) is 29.9. The Balaban J connectivity index is 0.00000529. The summed E-state index contributed by atoms with van der Waals surface area (Å²) in [5.74, 6) is 0. The first-order valence-corrected chi connectivity index (χ1v) is 21.1. The van der Waals surface area contributed by atoms with Crippen molar-refractivity contribution >= 4 is 0 Å². The molecule has 0 unspecified atom stereocenters. The average Bonchev–Trinajstić information content (AvgIpc) is 3.31. The van der Waals surface area contributed by atoms with Gasteiger partial charge in [-0.3, -0.25) is 0 Å². The van der Waals surface area contributed by atoms with Gasteiger partial charge in [0.05, 0.1) is 0 Å². The zero-order valence-electron chi connectivity index (χ0n) is 35.2. The van der Waals surface area contributed by atoms with Crippen molar-refractivity contribution in [1.82, 2.24) is 15.0 Å². The molecule has 0 aliphatic heterocycles. The minimum atomic E-state index is 0. The quantitative estimate of drug-likeness (QED) is 0.115. The Bertz CT molecular complexity index is 2770. The van der Waals surface area contributed by atoms with Crippen molar-refractivity contribution in [3.63, 3.8) is 0 Å². The van der Waals surface area contributed by atoms with Gasteiger partial charge in [0, 0.05) is 24.2 Å². The third kappa shape index (κ3) is 9.96. The predicted molar refractivity (Wildman–Crippen MR) is 251 cm³/mol. The summed E-state index contributed by atoms with van der Waals surface area (Å²) < 4.78 is 0. The summed E-state index contributed by atoms with van der Waals surface area (Å²) in [4.78, 5) is 14.1. The van der Waals surface area contributed by atoms with Gasteiger partial charge in [0.2, 0.25) is 0 Å². The van der Waals surface area contributed by atoms with Crippen LogP contribution in [0.2, 0.25) is 0 Å². The Kier molecular flexibility index (Phi) is 13.2. The van der Waals surface area contributed by atoms with E-state index in [1.54, 1.807) is 0 Å². The van der Waals surface area contributed by atoms with Crippen molar-refractivity contribution in [3.05, 3.63) is 233 Å². The maximum Gasteiger partial charge on any atom is 3.00 e. The molecule has 3 heterocycles. The van der Waals surface area contributed by atoms with Gasteiger partial charge in [-0.25, -0.2) is 0 Å². The molecule has 0 atom stereocenters. The second-order valence-electron chi connectivity index (χ2n) is 16.0. The number of rotatable bonds is 12. The van der Waals surface area contributed by atoms with Crippen LogP contribution in [-0.4, -0.2) is 15.0 Å². The number of hydrogen-bond donors (Lipinski definition) is 0. The van der Waals surface area contributed by atoms with Gasteiger partial charge in [0.25, 0.3) is 0 Å². The molecule has 0 radical (unpaired) electrons. The standard InChI is InChI=1S/C58H46N3.Ir/c1-40-13-31-56(59-37-40)49-23-19-43(20-24-49)15-17-45-34-46(18-16-44-21-25-50(26-22-44)57-32-14-41(2)38-60-57)36-52(35-45)54-12-8-7-11-53(54)48-27-29-51(30-28-48)58-33-42(3)55(39-61-58)47-9-5-4-6-10-47;/h4-14,19-23,25,27-29,31-39H,15-18H2,1-3H3;/q-3;+3. The number of aryl methyl sites for hydroxylation is 7. The fourth-order valence-electron chi connectivity index (χ4n) is 7.94. The summed E-state index contributed by atoms with van der Waals surface area (Å²) in [7, 11) is 0. The van der Waals surface area contributed by atoms with E-state index in [9.17, 15) is 0 Å². The largest absolute Gasteiger partial charge is 3.00 e. The second-order valence-corrected chi connectivity index (χ2v) is 16.0. The molecule has 62 heavy (non-hydrogen) atoms. The van der Waals surface area contributed by atoms with Crippen LogP contribution in [0, 0.1) is 39.0 Å². The molecule has 0 fully saturated rings. The molecule has 9 rings (SSSR count). The van der Waals surface area contributed by atoms with Crippen LogP contribution in [-0.2, 0) is 45.8 Å². The van der Waals surface area contributed by atoms with Crippen molar-refractivity contribution in [2.45, 2.75) is 46.5 Å². The van der Waals surface area contributed by atoms with Crippen LogP contribution < -0.4 is 0 Å². The van der Waals surface area contributed by atoms with Crippen LogP contribution in [0.25, 0.3) is 67.2 Å². The molecule has 0 amide bonds. The predicted octanol–water partition coefficient (Wildman–Crippen LogP) is 13.8. The monoisotopic (exact) mass is 977 g/mol. The van der Waals surface area contributed by atoms with Crippen molar-refractivity contribution in [3.8, 4) is 67.2 Å². The van der Waals surface area contributed by atoms with Crippen molar-refractivity contribution in [1.29, 1.82) is 0 Å². The smallest absolute Gasteiger partial charge is 0.304 e. The van der Waals surface area contributed by atoms with E-state index in [-0.39, 0.29) is 20.1 Å². The minimum absolute atomic E-state index is 0. The summed E-state index contributed by atoms with van der Waals surface area (Å²) in [6.45, 7) is 6.27. The van der Waals surface area contributed by atoms with Gasteiger partial charge in [-0.1, -0.05) is 127 Å². The molecule has 0 spiro atoms. The second kappa shape index (κ2) is 19.4. The number of benzene rings is 6. The number of hydrogen-bond acceptors (Lipinski definition) is 3. The molecule has 6 aromatic carbocycles. The molecule has 0 saturated heterocycles. The summed E-state index contributed by atoms with van der Waals surface area (Å²) >= 11 is 0. The summed E-state index contributed by atoms with van der Waals surface area (Å²) in [6.07, 6.45) is 9.48. The van der Waals surface area contributed by atoms with Gasteiger partial charge in [0.15, 0.2) is 0 Å². The van der Waals surface area contributed by atoms with Crippen molar-refractivity contribution in [2.75, 3.05) is 0 Å². The van der Waals surface area contributed by atoms with E-state index in [0.717, 1.165) is 81.7 Å². The van der Waals surface area contributed by atoms with E-state index >= 15 is 0 Å². The van der Waals surface area contributed by atoms with E-state index < -0.39 is 0 Å². The fourth-order valence-corrected chi connectivity index (χ4v) is 7.94. The molecule has 0 N–H and O–H groups in total. The van der Waals surface area contributed by atoms with Crippen LogP contribution in [0.5, 0.6) is 0 Å². The van der Waals surface area contributed by atoms with Gasteiger partial charge < -0.3 is 15.0 Å². The Morgan fingerprint density at radius 1 is 0.371 bits per heavy atom. The molecular weight excluding hydrogens is 931 g/mol. The van der Waals surface area contributed by atoms with Crippen molar-refractivity contribution in [2.24, 2.45) is 0 Å². The fraction of sp³-hybridized carbons (Fsp3) is 0.121.